The molecule has 1 amide bonds. The number of hydrogen-bond donors (Lipinski definition) is 3. The first kappa shape index (κ1) is 14.9. The van der Waals surface area contributed by atoms with E-state index in [0.717, 1.165) is 27.7 Å². The summed E-state index contributed by atoms with van der Waals surface area (Å²) >= 11 is 0. The molecule has 1 unspecified atom stereocenters. The molecule has 2 heterocycles. The van der Waals surface area contributed by atoms with Crippen molar-refractivity contribution in [1.29, 1.82) is 0 Å². The second-order valence-corrected chi connectivity index (χ2v) is 6.06. The molecular weight excluding hydrogens is 302 g/mol. The summed E-state index contributed by atoms with van der Waals surface area (Å²) < 4.78 is 0. The second-order valence-electron chi connectivity index (χ2n) is 6.06. The molecule has 4 rings (SSSR count). The van der Waals surface area contributed by atoms with Crippen LogP contribution >= 0.6 is 0 Å². The van der Waals surface area contributed by atoms with Gasteiger partial charge in [-0.3, -0.25) is 9.63 Å². The number of rotatable bonds is 3. The number of aromatic nitrogens is 1. The average Bonchev–Trinajstić information content (AvgIpc) is 2.90. The van der Waals surface area contributed by atoms with Crippen LogP contribution < -0.4 is 10.8 Å². The first-order chi connectivity index (χ1) is 11.7. The van der Waals surface area contributed by atoms with Crippen LogP contribution in [0.2, 0.25) is 0 Å². The van der Waals surface area contributed by atoms with E-state index in [1.165, 1.54) is 5.56 Å². The van der Waals surface area contributed by atoms with Crippen molar-refractivity contribution in [3.8, 4) is 11.3 Å². The Kier molecular flexibility index (Phi) is 3.59. The zero-order chi connectivity index (χ0) is 16.7. The van der Waals surface area contributed by atoms with Crippen molar-refractivity contribution < 1.29 is 9.63 Å². The number of carbonyl (C=O) groups is 1. The molecule has 0 saturated carbocycles. The van der Waals surface area contributed by atoms with Crippen LogP contribution in [0, 0.1) is 0 Å². The van der Waals surface area contributed by atoms with E-state index < -0.39 is 0 Å². The van der Waals surface area contributed by atoms with E-state index in [0.29, 0.717) is 18.2 Å². The van der Waals surface area contributed by atoms with Gasteiger partial charge in [0.05, 0.1) is 11.3 Å². The van der Waals surface area contributed by atoms with Gasteiger partial charge in [0.1, 0.15) is 6.61 Å². The zero-order valence-corrected chi connectivity index (χ0v) is 13.6. The van der Waals surface area contributed by atoms with Crippen LogP contribution in [0.4, 0.5) is 0 Å². The van der Waals surface area contributed by atoms with Gasteiger partial charge in [-0.2, -0.15) is 0 Å². The molecule has 24 heavy (non-hydrogen) atoms. The Morgan fingerprint density at radius 2 is 1.96 bits per heavy atom. The SMILES string of the molecule is CNC(C)c1ccc(-c2[nH]c3cccc4c3c2CONC4=O)cc1. The molecule has 2 aromatic carbocycles. The van der Waals surface area contributed by atoms with Crippen LogP contribution in [0.3, 0.4) is 0 Å². The minimum absolute atomic E-state index is 0.205. The third-order valence-corrected chi connectivity index (χ3v) is 4.69. The fraction of sp³-hybridized carbons (Fsp3) is 0.211. The van der Waals surface area contributed by atoms with E-state index in [9.17, 15) is 4.79 Å². The quantitative estimate of drug-likeness (QED) is 0.693. The van der Waals surface area contributed by atoms with E-state index in [2.05, 4.69) is 47.0 Å². The number of H-pyrrole nitrogens is 1. The fourth-order valence-corrected chi connectivity index (χ4v) is 3.23. The summed E-state index contributed by atoms with van der Waals surface area (Å²) in [5.41, 5.74) is 8.40. The molecule has 0 fully saturated rings. The highest BCUT2D eigenvalue weighted by molar-refractivity contribution is 6.09. The van der Waals surface area contributed by atoms with Crippen molar-refractivity contribution in [3.05, 3.63) is 59.2 Å². The first-order valence-electron chi connectivity index (χ1n) is 8.02. The van der Waals surface area contributed by atoms with Gasteiger partial charge in [-0.1, -0.05) is 30.3 Å². The Balaban J connectivity index is 1.87. The number of benzene rings is 2. The molecule has 3 aromatic rings. The zero-order valence-electron chi connectivity index (χ0n) is 13.6. The Morgan fingerprint density at radius 1 is 1.17 bits per heavy atom. The number of hydroxylamine groups is 1. The van der Waals surface area contributed by atoms with E-state index in [1.54, 1.807) is 0 Å². The van der Waals surface area contributed by atoms with Gasteiger partial charge in [-0.15, -0.1) is 0 Å². The Hall–Kier alpha value is -2.63. The van der Waals surface area contributed by atoms with Gasteiger partial charge < -0.3 is 10.3 Å². The van der Waals surface area contributed by atoms with Gasteiger partial charge in [0, 0.05) is 22.5 Å². The van der Waals surface area contributed by atoms with Crippen molar-refractivity contribution in [1.82, 2.24) is 15.8 Å². The highest BCUT2D eigenvalue weighted by Gasteiger charge is 2.22. The molecule has 0 aliphatic carbocycles. The van der Waals surface area contributed by atoms with Crippen LogP contribution in [0.1, 0.15) is 34.5 Å². The first-order valence-corrected chi connectivity index (χ1v) is 8.02. The average molecular weight is 321 g/mol. The van der Waals surface area contributed by atoms with Crippen molar-refractivity contribution in [3.63, 3.8) is 0 Å². The summed E-state index contributed by atoms with van der Waals surface area (Å²) in [6.07, 6.45) is 0. The maximum atomic E-state index is 12.1. The lowest BCUT2D eigenvalue weighted by molar-refractivity contribution is 0.0256. The number of amides is 1. The highest BCUT2D eigenvalue weighted by atomic mass is 16.6. The molecule has 0 saturated heterocycles. The van der Waals surface area contributed by atoms with Gasteiger partial charge in [-0.05, 0) is 37.2 Å². The molecule has 5 nitrogen and oxygen atoms in total. The van der Waals surface area contributed by atoms with Crippen LogP contribution in [0.5, 0.6) is 0 Å². The standard InChI is InChI=1S/C19H19N3O2/c1-11(20-2)12-6-8-13(9-7-12)18-15-10-24-22-19(23)14-4-3-5-16(21-18)17(14)15/h3-9,11,20-21H,10H2,1-2H3,(H,22,23). The monoisotopic (exact) mass is 321 g/mol. The Bertz CT molecular complexity index is 912. The third kappa shape index (κ3) is 2.29. The largest absolute Gasteiger partial charge is 0.354 e. The lowest BCUT2D eigenvalue weighted by Crippen LogP contribution is -2.21. The normalized spacial score (nSPS) is 15.2. The molecule has 122 valence electrons. The maximum absolute atomic E-state index is 12.1. The number of hydrogen-bond acceptors (Lipinski definition) is 3. The Morgan fingerprint density at radius 3 is 2.71 bits per heavy atom. The second kappa shape index (κ2) is 5.78. The maximum Gasteiger partial charge on any atom is 0.275 e. The number of carbonyl (C=O) groups excluding carboxylic acids is 1. The molecule has 1 atom stereocenters. The molecule has 0 spiro atoms. The summed E-state index contributed by atoms with van der Waals surface area (Å²) in [4.78, 5) is 20.9. The topological polar surface area (TPSA) is 66.2 Å². The molecule has 0 bridgehead atoms. The van der Waals surface area contributed by atoms with Crippen LogP contribution in [0.25, 0.3) is 22.2 Å². The summed E-state index contributed by atoms with van der Waals surface area (Å²) in [5, 5.41) is 4.18. The van der Waals surface area contributed by atoms with Gasteiger partial charge in [0.15, 0.2) is 0 Å². The van der Waals surface area contributed by atoms with E-state index in [4.69, 9.17) is 4.84 Å². The molecule has 0 radical (unpaired) electrons. The summed E-state index contributed by atoms with van der Waals surface area (Å²) in [7, 11) is 1.95. The van der Waals surface area contributed by atoms with E-state index in [-0.39, 0.29) is 5.91 Å². The van der Waals surface area contributed by atoms with Gasteiger partial charge in [-0.25, -0.2) is 5.48 Å². The molecular formula is C19H19N3O2. The number of nitrogens with one attached hydrogen (secondary N) is 3. The minimum atomic E-state index is -0.205. The number of aromatic amines is 1. The lowest BCUT2D eigenvalue weighted by atomic mass is 10.0. The van der Waals surface area contributed by atoms with E-state index in [1.807, 2.05) is 25.2 Å². The van der Waals surface area contributed by atoms with Crippen LogP contribution in [0.15, 0.2) is 42.5 Å². The van der Waals surface area contributed by atoms with Gasteiger partial charge in [0.2, 0.25) is 0 Å². The van der Waals surface area contributed by atoms with Gasteiger partial charge in [0.25, 0.3) is 5.91 Å². The van der Waals surface area contributed by atoms with Crippen LogP contribution in [-0.2, 0) is 11.4 Å². The summed E-state index contributed by atoms with van der Waals surface area (Å²) in [5.74, 6) is -0.205. The predicted molar refractivity (Wildman–Crippen MR) is 93.5 cm³/mol. The molecule has 1 aliphatic heterocycles. The highest BCUT2D eigenvalue weighted by Crippen LogP contribution is 2.34. The Labute approximate surface area is 140 Å². The lowest BCUT2D eigenvalue weighted by Gasteiger charge is -2.11. The molecule has 5 heteroatoms. The van der Waals surface area contributed by atoms with Gasteiger partial charge >= 0.3 is 0 Å². The molecule has 3 N–H and O–H groups in total. The van der Waals surface area contributed by atoms with Crippen LogP contribution in [-0.4, -0.2) is 17.9 Å². The van der Waals surface area contributed by atoms with Crippen molar-refractivity contribution in [2.45, 2.75) is 19.6 Å². The van der Waals surface area contributed by atoms with Crippen molar-refractivity contribution in [2.75, 3.05) is 7.05 Å². The molecule has 1 aromatic heterocycles. The van der Waals surface area contributed by atoms with E-state index >= 15 is 0 Å². The van der Waals surface area contributed by atoms with Crippen molar-refractivity contribution in [2.24, 2.45) is 0 Å². The van der Waals surface area contributed by atoms with Crippen molar-refractivity contribution >= 4 is 16.8 Å². The third-order valence-electron chi connectivity index (χ3n) is 4.69. The fourth-order valence-electron chi connectivity index (χ4n) is 3.23. The summed E-state index contributed by atoms with van der Waals surface area (Å²) in [6.45, 7) is 2.47. The predicted octanol–water partition coefficient (Wildman–Crippen LogP) is 3.29. The minimum Gasteiger partial charge on any atom is -0.354 e. The molecule has 1 aliphatic rings. The smallest absolute Gasteiger partial charge is 0.275 e. The summed E-state index contributed by atoms with van der Waals surface area (Å²) in [6, 6.07) is 14.4.